The standard InChI is InChI=1S/C21H17BrS/c1-21(2)16-8-4-6-10-19(16)23-20-12-11-14(13-17(20)21)15-7-3-5-9-18(15)22/h3-13H,1-2H3. The second kappa shape index (κ2) is 5.54. The summed E-state index contributed by atoms with van der Waals surface area (Å²) in [6.07, 6.45) is 0. The summed E-state index contributed by atoms with van der Waals surface area (Å²) >= 11 is 5.56. The predicted molar refractivity (Wildman–Crippen MR) is 102 cm³/mol. The van der Waals surface area contributed by atoms with E-state index in [1.165, 1.54) is 32.0 Å². The van der Waals surface area contributed by atoms with Gasteiger partial charge in [-0.3, -0.25) is 0 Å². The molecule has 1 aliphatic heterocycles. The lowest BCUT2D eigenvalue weighted by Gasteiger charge is -2.35. The molecule has 0 spiro atoms. The van der Waals surface area contributed by atoms with E-state index in [4.69, 9.17) is 0 Å². The molecule has 2 heteroatoms. The number of hydrogen-bond acceptors (Lipinski definition) is 1. The Labute approximate surface area is 150 Å². The first kappa shape index (κ1) is 15.0. The van der Waals surface area contributed by atoms with Crippen LogP contribution in [-0.4, -0.2) is 0 Å². The van der Waals surface area contributed by atoms with Gasteiger partial charge in [-0.1, -0.05) is 84.0 Å². The molecule has 4 rings (SSSR count). The van der Waals surface area contributed by atoms with E-state index in [1.807, 2.05) is 11.8 Å². The fourth-order valence-electron chi connectivity index (χ4n) is 3.31. The highest BCUT2D eigenvalue weighted by Gasteiger charge is 2.32. The van der Waals surface area contributed by atoms with E-state index in [1.54, 1.807) is 0 Å². The summed E-state index contributed by atoms with van der Waals surface area (Å²) in [6, 6.07) is 24.0. The molecule has 1 heterocycles. The largest absolute Gasteiger partial charge is 0.0895 e. The van der Waals surface area contributed by atoms with Crippen molar-refractivity contribution in [2.45, 2.75) is 29.1 Å². The lowest BCUT2D eigenvalue weighted by Crippen LogP contribution is -2.23. The Hall–Kier alpha value is -1.51. The quantitative estimate of drug-likeness (QED) is 0.441. The molecular weight excluding hydrogens is 364 g/mol. The highest BCUT2D eigenvalue weighted by Crippen LogP contribution is 2.49. The first-order valence-electron chi connectivity index (χ1n) is 7.74. The lowest BCUT2D eigenvalue weighted by atomic mass is 9.77. The van der Waals surface area contributed by atoms with Gasteiger partial charge in [0.05, 0.1) is 0 Å². The average molecular weight is 381 g/mol. The smallest absolute Gasteiger partial charge is 0.0253 e. The molecule has 0 fully saturated rings. The highest BCUT2D eigenvalue weighted by molar-refractivity contribution is 9.10. The Balaban J connectivity index is 1.90. The summed E-state index contributed by atoms with van der Waals surface area (Å²) in [7, 11) is 0. The third kappa shape index (κ3) is 2.45. The molecule has 23 heavy (non-hydrogen) atoms. The van der Waals surface area contributed by atoms with Crippen molar-refractivity contribution < 1.29 is 0 Å². The third-order valence-corrected chi connectivity index (χ3v) is 6.46. The van der Waals surface area contributed by atoms with Crippen LogP contribution < -0.4 is 0 Å². The normalized spacial score (nSPS) is 14.9. The molecule has 0 aromatic heterocycles. The van der Waals surface area contributed by atoms with Crippen LogP contribution in [0.25, 0.3) is 11.1 Å². The molecule has 0 bridgehead atoms. The molecule has 0 saturated carbocycles. The van der Waals surface area contributed by atoms with Crippen molar-refractivity contribution in [1.82, 2.24) is 0 Å². The van der Waals surface area contributed by atoms with Crippen molar-refractivity contribution >= 4 is 27.7 Å². The van der Waals surface area contributed by atoms with E-state index in [9.17, 15) is 0 Å². The minimum absolute atomic E-state index is 0.0223. The van der Waals surface area contributed by atoms with E-state index in [2.05, 4.69) is 96.5 Å². The zero-order chi connectivity index (χ0) is 16.0. The van der Waals surface area contributed by atoms with Gasteiger partial charge in [0, 0.05) is 19.7 Å². The molecule has 1 aliphatic rings. The van der Waals surface area contributed by atoms with Gasteiger partial charge in [-0.25, -0.2) is 0 Å². The van der Waals surface area contributed by atoms with Crippen LogP contribution in [0.3, 0.4) is 0 Å². The second-order valence-corrected chi connectivity index (χ2v) is 8.35. The summed E-state index contributed by atoms with van der Waals surface area (Å²) in [6.45, 7) is 4.66. The maximum atomic E-state index is 3.68. The molecule has 0 saturated heterocycles. The first-order valence-corrected chi connectivity index (χ1v) is 9.35. The zero-order valence-electron chi connectivity index (χ0n) is 13.1. The number of benzene rings is 3. The molecule has 0 radical (unpaired) electrons. The van der Waals surface area contributed by atoms with E-state index in [-0.39, 0.29) is 5.41 Å². The Morgan fingerprint density at radius 2 is 1.48 bits per heavy atom. The van der Waals surface area contributed by atoms with E-state index in [0.29, 0.717) is 0 Å². The molecule has 0 N–H and O–H groups in total. The van der Waals surface area contributed by atoms with Gasteiger partial charge in [-0.2, -0.15) is 0 Å². The topological polar surface area (TPSA) is 0 Å². The van der Waals surface area contributed by atoms with Crippen LogP contribution in [0.1, 0.15) is 25.0 Å². The lowest BCUT2D eigenvalue weighted by molar-refractivity contribution is 0.607. The second-order valence-electron chi connectivity index (χ2n) is 6.41. The molecule has 3 aromatic carbocycles. The Kier molecular flexibility index (Phi) is 3.62. The van der Waals surface area contributed by atoms with Gasteiger partial charge >= 0.3 is 0 Å². The van der Waals surface area contributed by atoms with Crippen LogP contribution in [0.5, 0.6) is 0 Å². The predicted octanol–water partition coefficient (Wildman–Crippen LogP) is 6.91. The van der Waals surface area contributed by atoms with Crippen LogP contribution in [0.2, 0.25) is 0 Å². The van der Waals surface area contributed by atoms with Crippen molar-refractivity contribution in [2.75, 3.05) is 0 Å². The minimum atomic E-state index is 0.0223. The molecule has 0 atom stereocenters. The van der Waals surface area contributed by atoms with Crippen LogP contribution in [0.15, 0.2) is 81.0 Å². The van der Waals surface area contributed by atoms with Crippen LogP contribution in [0.4, 0.5) is 0 Å². The molecular formula is C21H17BrS. The SMILES string of the molecule is CC1(C)c2ccccc2Sc2ccc(-c3ccccc3Br)cc21. The minimum Gasteiger partial charge on any atom is -0.0895 e. The van der Waals surface area contributed by atoms with Crippen molar-refractivity contribution in [3.8, 4) is 11.1 Å². The highest BCUT2D eigenvalue weighted by atomic mass is 79.9. The van der Waals surface area contributed by atoms with Gasteiger partial charge in [0.2, 0.25) is 0 Å². The van der Waals surface area contributed by atoms with E-state index >= 15 is 0 Å². The third-order valence-electron chi connectivity index (χ3n) is 4.62. The average Bonchev–Trinajstić information content (AvgIpc) is 2.55. The molecule has 0 nitrogen and oxygen atoms in total. The van der Waals surface area contributed by atoms with Crippen molar-refractivity contribution in [3.05, 3.63) is 82.3 Å². The summed E-state index contributed by atoms with van der Waals surface area (Å²) in [5.74, 6) is 0. The first-order chi connectivity index (χ1) is 11.1. The number of halogens is 1. The maximum absolute atomic E-state index is 3.68. The van der Waals surface area contributed by atoms with Crippen molar-refractivity contribution in [3.63, 3.8) is 0 Å². The Morgan fingerprint density at radius 3 is 2.30 bits per heavy atom. The van der Waals surface area contributed by atoms with Crippen molar-refractivity contribution in [2.24, 2.45) is 0 Å². The molecule has 3 aromatic rings. The summed E-state index contributed by atoms with van der Waals surface area (Å²) in [5, 5.41) is 0. The molecule has 0 aliphatic carbocycles. The van der Waals surface area contributed by atoms with E-state index < -0.39 is 0 Å². The van der Waals surface area contributed by atoms with Gasteiger partial charge in [0.1, 0.15) is 0 Å². The number of fused-ring (bicyclic) bond motifs is 2. The molecule has 0 unspecified atom stereocenters. The van der Waals surface area contributed by atoms with Gasteiger partial charge in [-0.05, 0) is 46.5 Å². The van der Waals surface area contributed by atoms with Gasteiger partial charge in [-0.15, -0.1) is 0 Å². The van der Waals surface area contributed by atoms with Crippen LogP contribution >= 0.6 is 27.7 Å². The summed E-state index contributed by atoms with van der Waals surface area (Å²) in [5.41, 5.74) is 5.37. The van der Waals surface area contributed by atoms with E-state index in [0.717, 1.165) is 4.47 Å². The summed E-state index contributed by atoms with van der Waals surface area (Å²) in [4.78, 5) is 2.74. The summed E-state index contributed by atoms with van der Waals surface area (Å²) < 4.78 is 1.14. The Bertz CT molecular complexity index is 896. The number of hydrogen-bond donors (Lipinski definition) is 0. The van der Waals surface area contributed by atoms with Gasteiger partial charge < -0.3 is 0 Å². The molecule has 0 amide bonds. The van der Waals surface area contributed by atoms with Gasteiger partial charge in [0.25, 0.3) is 0 Å². The van der Waals surface area contributed by atoms with Gasteiger partial charge in [0.15, 0.2) is 0 Å². The Morgan fingerprint density at radius 1 is 0.783 bits per heavy atom. The zero-order valence-corrected chi connectivity index (χ0v) is 15.5. The van der Waals surface area contributed by atoms with Crippen LogP contribution in [0, 0.1) is 0 Å². The fourth-order valence-corrected chi connectivity index (χ4v) is 5.20. The maximum Gasteiger partial charge on any atom is 0.0253 e. The van der Waals surface area contributed by atoms with Crippen molar-refractivity contribution in [1.29, 1.82) is 0 Å². The monoisotopic (exact) mass is 380 g/mol. The number of rotatable bonds is 1. The van der Waals surface area contributed by atoms with Crippen LogP contribution in [-0.2, 0) is 5.41 Å². The molecule has 114 valence electrons. The fraction of sp³-hybridized carbons (Fsp3) is 0.143.